The van der Waals surface area contributed by atoms with E-state index in [1.165, 1.54) is 6.07 Å². The van der Waals surface area contributed by atoms with Crippen molar-refractivity contribution in [2.45, 2.75) is 13.0 Å². The summed E-state index contributed by atoms with van der Waals surface area (Å²) in [5, 5.41) is 9.65. The summed E-state index contributed by atoms with van der Waals surface area (Å²) in [6, 6.07) is 8.59. The van der Waals surface area contributed by atoms with E-state index in [9.17, 15) is 9.59 Å². The molecule has 2 aromatic rings. The van der Waals surface area contributed by atoms with Crippen molar-refractivity contribution < 1.29 is 19.4 Å². The number of halogens is 1. The van der Waals surface area contributed by atoms with Crippen LogP contribution in [0.5, 0.6) is 5.75 Å². The van der Waals surface area contributed by atoms with Crippen LogP contribution in [0.15, 0.2) is 30.3 Å². The fraction of sp³-hybridized carbons (Fsp3) is 0.143. The zero-order valence-corrected chi connectivity index (χ0v) is 12.1. The van der Waals surface area contributed by atoms with Crippen LogP contribution in [0.25, 0.3) is 0 Å². The minimum atomic E-state index is -1.12. The monoisotopic (exact) mass is 310 g/mol. The van der Waals surface area contributed by atoms with Gasteiger partial charge in [0, 0.05) is 16.7 Å². The molecule has 1 N–H and O–H groups in total. The molecule has 1 atom stereocenters. The molecule has 0 bridgehead atoms. The molecule has 20 heavy (non-hydrogen) atoms. The quantitative estimate of drug-likeness (QED) is 0.846. The molecule has 0 fully saturated rings. The number of carboxylic acids is 1. The highest BCUT2D eigenvalue weighted by Crippen LogP contribution is 2.33. The van der Waals surface area contributed by atoms with Gasteiger partial charge in [-0.05, 0) is 13.0 Å². The zero-order chi connectivity index (χ0) is 14.7. The lowest BCUT2D eigenvalue weighted by Crippen LogP contribution is -2.06. The SMILES string of the molecule is C[C@@H](Oc1cc(C=O)sc1C(=O)O)c1ccccc1Cl. The van der Waals surface area contributed by atoms with E-state index >= 15 is 0 Å². The average molecular weight is 311 g/mol. The summed E-state index contributed by atoms with van der Waals surface area (Å²) < 4.78 is 5.64. The summed E-state index contributed by atoms with van der Waals surface area (Å²) >= 11 is 6.95. The first-order chi connectivity index (χ1) is 9.52. The summed E-state index contributed by atoms with van der Waals surface area (Å²) in [5.41, 5.74) is 0.754. The predicted molar refractivity (Wildman–Crippen MR) is 77.2 cm³/mol. The number of aromatic carboxylic acids is 1. The van der Waals surface area contributed by atoms with E-state index < -0.39 is 12.1 Å². The number of carbonyl (C=O) groups is 2. The third-order valence-corrected chi connectivity index (χ3v) is 4.05. The minimum absolute atomic E-state index is 0.00556. The first-order valence-electron chi connectivity index (χ1n) is 5.76. The molecule has 0 saturated heterocycles. The van der Waals surface area contributed by atoms with Crippen molar-refractivity contribution in [3.05, 3.63) is 50.7 Å². The smallest absolute Gasteiger partial charge is 0.349 e. The van der Waals surface area contributed by atoms with E-state index in [0.717, 1.165) is 16.9 Å². The molecule has 6 heteroatoms. The maximum atomic E-state index is 11.1. The molecule has 104 valence electrons. The Balaban J connectivity index is 2.30. The van der Waals surface area contributed by atoms with Crippen molar-refractivity contribution >= 4 is 35.2 Å². The first-order valence-corrected chi connectivity index (χ1v) is 6.95. The van der Waals surface area contributed by atoms with Crippen LogP contribution in [0.3, 0.4) is 0 Å². The Morgan fingerprint density at radius 2 is 2.15 bits per heavy atom. The average Bonchev–Trinajstić information content (AvgIpc) is 2.82. The molecule has 0 saturated carbocycles. The second kappa shape index (κ2) is 6.07. The lowest BCUT2D eigenvalue weighted by atomic mass is 10.1. The lowest BCUT2D eigenvalue weighted by Gasteiger charge is -2.15. The second-order valence-corrected chi connectivity index (χ2v) is 5.54. The van der Waals surface area contributed by atoms with Crippen molar-refractivity contribution in [1.29, 1.82) is 0 Å². The molecule has 0 amide bonds. The van der Waals surface area contributed by atoms with Crippen LogP contribution in [0.4, 0.5) is 0 Å². The van der Waals surface area contributed by atoms with Gasteiger partial charge in [0.15, 0.2) is 11.2 Å². The van der Waals surface area contributed by atoms with Crippen molar-refractivity contribution in [1.82, 2.24) is 0 Å². The third kappa shape index (κ3) is 3.00. The number of hydrogen-bond acceptors (Lipinski definition) is 4. The predicted octanol–water partition coefficient (Wildman–Crippen LogP) is 4.05. The number of benzene rings is 1. The number of hydrogen-bond donors (Lipinski definition) is 1. The fourth-order valence-corrected chi connectivity index (χ4v) is 2.78. The van der Waals surface area contributed by atoms with Crippen LogP contribution in [-0.4, -0.2) is 17.4 Å². The second-order valence-electron chi connectivity index (χ2n) is 4.05. The van der Waals surface area contributed by atoms with E-state index in [2.05, 4.69) is 0 Å². The highest BCUT2D eigenvalue weighted by Gasteiger charge is 2.20. The summed E-state index contributed by atoms with van der Waals surface area (Å²) in [6.45, 7) is 1.77. The van der Waals surface area contributed by atoms with Gasteiger partial charge in [0.2, 0.25) is 0 Å². The minimum Gasteiger partial charge on any atom is -0.484 e. The first kappa shape index (κ1) is 14.6. The molecule has 2 rings (SSSR count). The number of carbonyl (C=O) groups excluding carboxylic acids is 1. The molecule has 0 aliphatic carbocycles. The topological polar surface area (TPSA) is 63.6 Å². The Labute approximate surface area is 124 Å². The highest BCUT2D eigenvalue weighted by molar-refractivity contribution is 7.15. The summed E-state index contributed by atoms with van der Waals surface area (Å²) in [5.74, 6) is -0.943. The summed E-state index contributed by atoms with van der Waals surface area (Å²) in [7, 11) is 0. The lowest BCUT2D eigenvalue weighted by molar-refractivity contribution is 0.0695. The van der Waals surface area contributed by atoms with Gasteiger partial charge in [-0.25, -0.2) is 4.79 Å². The zero-order valence-electron chi connectivity index (χ0n) is 10.5. The molecule has 1 aromatic heterocycles. The fourth-order valence-electron chi connectivity index (χ4n) is 1.75. The number of rotatable bonds is 5. The van der Waals surface area contributed by atoms with Crippen LogP contribution in [0, 0.1) is 0 Å². The van der Waals surface area contributed by atoms with Gasteiger partial charge in [0.1, 0.15) is 11.9 Å². The number of thiophene rings is 1. The molecule has 1 heterocycles. The molecule has 1 aromatic carbocycles. The Kier molecular flexibility index (Phi) is 4.42. The Bertz CT molecular complexity index is 650. The van der Waals surface area contributed by atoms with Gasteiger partial charge in [0.05, 0.1) is 4.88 Å². The van der Waals surface area contributed by atoms with Gasteiger partial charge >= 0.3 is 5.97 Å². The standard InChI is InChI=1S/C14H11ClO4S/c1-8(10-4-2-3-5-11(10)15)19-12-6-9(7-16)20-13(12)14(17)18/h2-8H,1H3,(H,17,18)/t8-/m1/s1. The highest BCUT2D eigenvalue weighted by atomic mass is 35.5. The van der Waals surface area contributed by atoms with Gasteiger partial charge in [-0.3, -0.25) is 4.79 Å². The maximum Gasteiger partial charge on any atom is 0.349 e. The van der Waals surface area contributed by atoms with E-state index in [0.29, 0.717) is 16.2 Å². The van der Waals surface area contributed by atoms with E-state index in [-0.39, 0.29) is 10.6 Å². The van der Waals surface area contributed by atoms with Crippen molar-refractivity contribution in [2.24, 2.45) is 0 Å². The molecule has 0 spiro atoms. The Morgan fingerprint density at radius 3 is 2.75 bits per heavy atom. The van der Waals surface area contributed by atoms with Crippen molar-refractivity contribution in [3.8, 4) is 5.75 Å². The Hall–Kier alpha value is -1.85. The third-order valence-electron chi connectivity index (χ3n) is 2.67. The van der Waals surface area contributed by atoms with Gasteiger partial charge in [0.25, 0.3) is 0 Å². The van der Waals surface area contributed by atoms with Gasteiger partial charge in [-0.15, -0.1) is 11.3 Å². The molecule has 0 radical (unpaired) electrons. The largest absolute Gasteiger partial charge is 0.484 e. The van der Waals surface area contributed by atoms with Crippen LogP contribution >= 0.6 is 22.9 Å². The molecular weight excluding hydrogens is 300 g/mol. The van der Waals surface area contributed by atoms with Crippen LogP contribution in [-0.2, 0) is 0 Å². The van der Waals surface area contributed by atoms with E-state index in [1.807, 2.05) is 6.07 Å². The van der Waals surface area contributed by atoms with E-state index in [4.69, 9.17) is 21.4 Å². The Morgan fingerprint density at radius 1 is 1.45 bits per heavy atom. The molecule has 0 unspecified atom stereocenters. The van der Waals surface area contributed by atoms with Gasteiger partial charge in [-0.2, -0.15) is 0 Å². The van der Waals surface area contributed by atoms with Gasteiger partial charge in [-0.1, -0.05) is 29.8 Å². The maximum absolute atomic E-state index is 11.1. The van der Waals surface area contributed by atoms with Crippen molar-refractivity contribution in [3.63, 3.8) is 0 Å². The molecule has 4 nitrogen and oxygen atoms in total. The van der Waals surface area contributed by atoms with Crippen LogP contribution in [0.2, 0.25) is 5.02 Å². The summed E-state index contributed by atoms with van der Waals surface area (Å²) in [6.07, 6.45) is 0.181. The van der Waals surface area contributed by atoms with Crippen LogP contribution < -0.4 is 4.74 Å². The molecule has 0 aliphatic rings. The number of carboxylic acid groups (broad SMARTS) is 1. The number of aldehydes is 1. The normalized spacial score (nSPS) is 11.9. The van der Waals surface area contributed by atoms with Crippen molar-refractivity contribution in [2.75, 3.05) is 0 Å². The van der Waals surface area contributed by atoms with Crippen LogP contribution in [0.1, 0.15) is 37.9 Å². The number of ether oxygens (including phenoxy) is 1. The van der Waals surface area contributed by atoms with Gasteiger partial charge < -0.3 is 9.84 Å². The molecule has 0 aliphatic heterocycles. The summed E-state index contributed by atoms with van der Waals surface area (Å²) in [4.78, 5) is 22.2. The molecular formula is C14H11ClO4S. The van der Waals surface area contributed by atoms with E-state index in [1.54, 1.807) is 25.1 Å².